The summed E-state index contributed by atoms with van der Waals surface area (Å²) in [5.74, 6) is -0.973. The van der Waals surface area contributed by atoms with E-state index in [0.717, 1.165) is 17.8 Å². The van der Waals surface area contributed by atoms with Gasteiger partial charge in [0.2, 0.25) is 0 Å². The second kappa shape index (κ2) is 5.65. The molecule has 0 aliphatic carbocycles. The number of rotatable bonds is 3. The van der Waals surface area contributed by atoms with Crippen LogP contribution < -0.4 is 0 Å². The van der Waals surface area contributed by atoms with E-state index in [4.69, 9.17) is 4.52 Å². The first-order chi connectivity index (χ1) is 11.7. The Labute approximate surface area is 134 Å². The summed E-state index contributed by atoms with van der Waals surface area (Å²) in [6, 6.07) is 12.4. The quantitative estimate of drug-likeness (QED) is 0.578. The smallest absolute Gasteiger partial charge is 0.192 e. The lowest BCUT2D eigenvalue weighted by Crippen LogP contribution is -1.99. The summed E-state index contributed by atoms with van der Waals surface area (Å²) in [5, 5.41) is 15.3. The van der Waals surface area contributed by atoms with E-state index in [2.05, 4.69) is 20.7 Å². The van der Waals surface area contributed by atoms with Crippen molar-refractivity contribution in [1.29, 1.82) is 0 Å². The highest BCUT2D eigenvalue weighted by Gasteiger charge is 2.22. The van der Waals surface area contributed by atoms with Crippen molar-refractivity contribution in [3.8, 4) is 28.4 Å². The number of aromatic nitrogens is 5. The Morgan fingerprint density at radius 3 is 2.58 bits per heavy atom. The summed E-state index contributed by atoms with van der Waals surface area (Å²) in [6.45, 7) is 0. The maximum absolute atomic E-state index is 14.1. The van der Waals surface area contributed by atoms with E-state index in [1.54, 1.807) is 0 Å². The molecule has 4 aromatic rings. The molecule has 0 spiro atoms. The van der Waals surface area contributed by atoms with Gasteiger partial charge in [0.1, 0.15) is 11.6 Å². The third-order valence-corrected chi connectivity index (χ3v) is 3.46. The first-order valence-corrected chi connectivity index (χ1v) is 6.98. The number of tetrazole rings is 1. The fraction of sp³-hybridized carbons (Fsp3) is 0. The average molecular weight is 325 g/mol. The van der Waals surface area contributed by atoms with Crippen molar-refractivity contribution in [1.82, 2.24) is 25.4 Å². The molecule has 4 rings (SSSR count). The summed E-state index contributed by atoms with van der Waals surface area (Å²) in [5.41, 5.74) is 1.20. The van der Waals surface area contributed by atoms with Gasteiger partial charge in [0, 0.05) is 6.07 Å². The van der Waals surface area contributed by atoms with Crippen molar-refractivity contribution in [2.45, 2.75) is 0 Å². The van der Waals surface area contributed by atoms with Gasteiger partial charge in [-0.15, -0.1) is 5.10 Å². The fourth-order valence-corrected chi connectivity index (χ4v) is 2.36. The molecule has 0 amide bonds. The van der Waals surface area contributed by atoms with Crippen molar-refractivity contribution in [3.05, 3.63) is 66.4 Å². The van der Waals surface area contributed by atoms with Crippen LogP contribution in [0.5, 0.6) is 0 Å². The van der Waals surface area contributed by atoms with Crippen LogP contribution >= 0.6 is 0 Å². The van der Waals surface area contributed by atoms with Crippen molar-refractivity contribution in [3.63, 3.8) is 0 Å². The number of hydrogen-bond donors (Lipinski definition) is 0. The van der Waals surface area contributed by atoms with Gasteiger partial charge in [-0.05, 0) is 34.7 Å². The molecule has 24 heavy (non-hydrogen) atoms. The molecule has 2 heterocycles. The zero-order valence-electron chi connectivity index (χ0n) is 12.1. The molecular weight excluding hydrogens is 316 g/mol. The molecular formula is C16H9F2N5O. The maximum Gasteiger partial charge on any atom is 0.192 e. The van der Waals surface area contributed by atoms with Gasteiger partial charge < -0.3 is 4.52 Å². The predicted octanol–water partition coefficient (Wildman–Crippen LogP) is 3.26. The lowest BCUT2D eigenvalue weighted by molar-refractivity contribution is 0.429. The van der Waals surface area contributed by atoms with Gasteiger partial charge in [-0.25, -0.2) is 8.78 Å². The highest BCUT2D eigenvalue weighted by molar-refractivity contribution is 5.76. The number of nitrogens with zero attached hydrogens (tertiary/aromatic N) is 5. The zero-order valence-corrected chi connectivity index (χ0v) is 12.1. The van der Waals surface area contributed by atoms with Crippen LogP contribution in [-0.2, 0) is 0 Å². The summed E-state index contributed by atoms with van der Waals surface area (Å²) in [7, 11) is 0. The van der Waals surface area contributed by atoms with Gasteiger partial charge in [0.15, 0.2) is 11.6 Å². The summed E-state index contributed by atoms with van der Waals surface area (Å²) in [6.07, 6.45) is 1.39. The third-order valence-electron chi connectivity index (χ3n) is 3.46. The molecule has 2 aromatic heterocycles. The van der Waals surface area contributed by atoms with E-state index < -0.39 is 11.6 Å². The van der Waals surface area contributed by atoms with Gasteiger partial charge in [0.25, 0.3) is 0 Å². The van der Waals surface area contributed by atoms with E-state index in [1.807, 2.05) is 30.3 Å². The Balaban J connectivity index is 1.86. The molecule has 0 saturated carbocycles. The minimum Gasteiger partial charge on any atom is -0.355 e. The normalized spacial score (nSPS) is 10.9. The minimum absolute atomic E-state index is 0.0755. The SMILES string of the molecule is Fc1ccc(-c2oncc2-c2nnnn2-c2ccccc2)c(F)c1. The Morgan fingerprint density at radius 1 is 0.958 bits per heavy atom. The molecule has 0 atom stereocenters. The summed E-state index contributed by atoms with van der Waals surface area (Å²) in [4.78, 5) is 0. The Kier molecular flexibility index (Phi) is 3.34. The lowest BCUT2D eigenvalue weighted by atomic mass is 10.1. The average Bonchev–Trinajstić information content (AvgIpc) is 3.24. The molecule has 2 aromatic carbocycles. The topological polar surface area (TPSA) is 69.6 Å². The van der Waals surface area contributed by atoms with E-state index in [1.165, 1.54) is 16.9 Å². The summed E-state index contributed by atoms with van der Waals surface area (Å²) < 4.78 is 33.8. The third kappa shape index (κ3) is 2.34. The Morgan fingerprint density at radius 2 is 1.79 bits per heavy atom. The molecule has 8 heteroatoms. The molecule has 118 valence electrons. The maximum atomic E-state index is 14.1. The first-order valence-electron chi connectivity index (χ1n) is 6.98. The van der Waals surface area contributed by atoms with Crippen LogP contribution in [0.25, 0.3) is 28.4 Å². The number of hydrogen-bond acceptors (Lipinski definition) is 5. The van der Waals surface area contributed by atoms with Gasteiger partial charge in [-0.2, -0.15) is 4.68 Å². The molecule has 0 aliphatic heterocycles. The Hall–Kier alpha value is -3.42. The molecule has 0 saturated heterocycles. The van der Waals surface area contributed by atoms with Crippen LogP contribution in [0, 0.1) is 11.6 Å². The van der Waals surface area contributed by atoms with Crippen molar-refractivity contribution in [2.75, 3.05) is 0 Å². The molecule has 0 unspecified atom stereocenters. The largest absolute Gasteiger partial charge is 0.355 e. The number of para-hydroxylation sites is 1. The monoisotopic (exact) mass is 325 g/mol. The Bertz CT molecular complexity index is 997. The van der Waals surface area contributed by atoms with Crippen LogP contribution in [0.15, 0.2) is 59.3 Å². The standard InChI is InChI=1S/C16H9F2N5O/c17-10-6-7-12(14(18)8-10)15-13(9-19-24-15)16-20-21-22-23(16)11-4-2-1-3-5-11/h1-9H. The highest BCUT2D eigenvalue weighted by Crippen LogP contribution is 2.33. The zero-order chi connectivity index (χ0) is 16.5. The minimum atomic E-state index is -0.758. The van der Waals surface area contributed by atoms with E-state index in [-0.39, 0.29) is 11.3 Å². The van der Waals surface area contributed by atoms with Crippen molar-refractivity contribution in [2.24, 2.45) is 0 Å². The van der Waals surface area contributed by atoms with Gasteiger partial charge in [-0.3, -0.25) is 0 Å². The first kappa shape index (κ1) is 14.2. The van der Waals surface area contributed by atoms with Crippen molar-refractivity contribution >= 4 is 0 Å². The van der Waals surface area contributed by atoms with E-state index in [9.17, 15) is 8.78 Å². The van der Waals surface area contributed by atoms with E-state index >= 15 is 0 Å². The summed E-state index contributed by atoms with van der Waals surface area (Å²) >= 11 is 0. The highest BCUT2D eigenvalue weighted by atomic mass is 19.1. The molecule has 0 bridgehead atoms. The molecule has 0 fully saturated rings. The molecule has 0 aliphatic rings. The molecule has 0 N–H and O–H groups in total. The second-order valence-electron chi connectivity index (χ2n) is 4.94. The van der Waals surface area contributed by atoms with Crippen LogP contribution in [0.3, 0.4) is 0 Å². The van der Waals surface area contributed by atoms with E-state index in [0.29, 0.717) is 11.4 Å². The molecule has 0 radical (unpaired) electrons. The van der Waals surface area contributed by atoms with Crippen LogP contribution in [-0.4, -0.2) is 25.4 Å². The predicted molar refractivity (Wildman–Crippen MR) is 80.0 cm³/mol. The van der Waals surface area contributed by atoms with Gasteiger partial charge in [-0.1, -0.05) is 23.4 Å². The van der Waals surface area contributed by atoms with Crippen molar-refractivity contribution < 1.29 is 13.3 Å². The van der Waals surface area contributed by atoms with Crippen LogP contribution in [0.1, 0.15) is 0 Å². The van der Waals surface area contributed by atoms with Crippen LogP contribution in [0.4, 0.5) is 8.78 Å². The molecule has 6 nitrogen and oxygen atoms in total. The fourth-order valence-electron chi connectivity index (χ4n) is 2.36. The van der Waals surface area contributed by atoms with Gasteiger partial charge >= 0.3 is 0 Å². The second-order valence-corrected chi connectivity index (χ2v) is 4.94. The number of benzene rings is 2. The number of halogens is 2. The van der Waals surface area contributed by atoms with Gasteiger partial charge in [0.05, 0.1) is 23.0 Å². The van der Waals surface area contributed by atoms with Crippen LogP contribution in [0.2, 0.25) is 0 Å². The lowest BCUT2D eigenvalue weighted by Gasteiger charge is -2.04.